The Bertz CT molecular complexity index is 681. The monoisotopic (exact) mass is 413 g/mol. The van der Waals surface area contributed by atoms with E-state index in [9.17, 15) is 5.11 Å². The Balaban J connectivity index is 1.88. The summed E-state index contributed by atoms with van der Waals surface area (Å²) in [4.78, 5) is 0. The molecule has 1 unspecified atom stereocenters. The number of hydrogen-bond acceptors (Lipinski definition) is 4. The molecule has 0 heterocycles. The lowest BCUT2D eigenvalue weighted by molar-refractivity contribution is 0.175. The van der Waals surface area contributed by atoms with E-state index in [0.29, 0.717) is 29.6 Å². The molecule has 0 saturated carbocycles. The van der Waals surface area contributed by atoms with Crippen LogP contribution in [-0.2, 0) is 6.42 Å². The average Bonchev–Trinajstić information content (AvgIpc) is 2.59. The number of halogens is 2. The molecule has 0 amide bonds. The van der Waals surface area contributed by atoms with Crippen molar-refractivity contribution >= 4 is 27.5 Å². The van der Waals surface area contributed by atoms with Gasteiger partial charge in [0.2, 0.25) is 0 Å². The van der Waals surface area contributed by atoms with Crippen molar-refractivity contribution in [2.24, 2.45) is 0 Å². The van der Waals surface area contributed by atoms with Crippen molar-refractivity contribution in [3.8, 4) is 11.5 Å². The molecule has 0 aliphatic heterocycles. The first-order valence-corrected chi connectivity index (χ1v) is 8.77. The zero-order valence-corrected chi connectivity index (χ0v) is 16.0. The van der Waals surface area contributed by atoms with Gasteiger partial charge < -0.3 is 19.9 Å². The molecule has 0 aromatic heterocycles. The van der Waals surface area contributed by atoms with Crippen molar-refractivity contribution < 1.29 is 14.6 Å². The minimum atomic E-state index is -0.552. The number of benzene rings is 2. The van der Waals surface area contributed by atoms with Crippen LogP contribution in [0, 0.1) is 0 Å². The van der Waals surface area contributed by atoms with Gasteiger partial charge in [0.25, 0.3) is 0 Å². The summed E-state index contributed by atoms with van der Waals surface area (Å²) >= 11 is 9.77. The topological polar surface area (TPSA) is 50.7 Å². The molecule has 0 aliphatic rings. The lowest BCUT2D eigenvalue weighted by Gasteiger charge is -2.14. The Kier molecular flexibility index (Phi) is 7.37. The molecule has 130 valence electrons. The van der Waals surface area contributed by atoms with Crippen LogP contribution in [0.2, 0.25) is 5.02 Å². The molecule has 2 aromatic carbocycles. The van der Waals surface area contributed by atoms with Gasteiger partial charge in [-0.25, -0.2) is 0 Å². The van der Waals surface area contributed by atoms with Crippen molar-refractivity contribution in [2.45, 2.75) is 12.5 Å². The van der Waals surface area contributed by atoms with Gasteiger partial charge in [-0.2, -0.15) is 0 Å². The number of ether oxygens (including phenoxy) is 2. The second-order valence-corrected chi connectivity index (χ2v) is 6.59. The number of hydrogen-bond donors (Lipinski definition) is 2. The Morgan fingerprint density at radius 1 is 1.21 bits per heavy atom. The SMILES string of the molecule is COc1ccc(CCNCC(O)c2cccc(Br)c2)c(Cl)c1OC. The van der Waals surface area contributed by atoms with Gasteiger partial charge in [-0.1, -0.05) is 45.7 Å². The third kappa shape index (κ3) is 4.86. The third-order valence-corrected chi connectivity index (χ3v) is 4.61. The first-order chi connectivity index (χ1) is 11.6. The van der Waals surface area contributed by atoms with Crippen molar-refractivity contribution in [2.75, 3.05) is 27.3 Å². The molecule has 1 atom stereocenters. The van der Waals surface area contributed by atoms with E-state index in [1.54, 1.807) is 14.2 Å². The molecule has 0 bridgehead atoms. The second kappa shape index (κ2) is 9.28. The zero-order valence-electron chi connectivity index (χ0n) is 13.7. The maximum atomic E-state index is 10.2. The largest absolute Gasteiger partial charge is 0.493 e. The van der Waals surface area contributed by atoms with Gasteiger partial charge in [-0.3, -0.25) is 0 Å². The predicted molar refractivity (Wildman–Crippen MR) is 100 cm³/mol. The molecule has 0 aliphatic carbocycles. The predicted octanol–water partition coefficient (Wildman–Crippen LogP) is 3.99. The van der Waals surface area contributed by atoms with Crippen LogP contribution in [0.25, 0.3) is 0 Å². The van der Waals surface area contributed by atoms with Crippen LogP contribution >= 0.6 is 27.5 Å². The van der Waals surface area contributed by atoms with Gasteiger partial charge in [0.15, 0.2) is 11.5 Å². The summed E-state index contributed by atoms with van der Waals surface area (Å²) in [6.45, 7) is 1.17. The molecule has 4 nitrogen and oxygen atoms in total. The summed E-state index contributed by atoms with van der Waals surface area (Å²) < 4.78 is 11.5. The van der Waals surface area contributed by atoms with E-state index >= 15 is 0 Å². The first kappa shape index (κ1) is 19.1. The highest BCUT2D eigenvalue weighted by molar-refractivity contribution is 9.10. The van der Waals surface area contributed by atoms with E-state index in [0.717, 1.165) is 22.0 Å². The number of nitrogens with one attached hydrogen (secondary N) is 1. The second-order valence-electron chi connectivity index (χ2n) is 5.30. The minimum Gasteiger partial charge on any atom is -0.493 e. The Hall–Kier alpha value is -1.27. The van der Waals surface area contributed by atoms with E-state index < -0.39 is 6.10 Å². The highest BCUT2D eigenvalue weighted by Crippen LogP contribution is 2.37. The van der Waals surface area contributed by atoms with Gasteiger partial charge in [-0.05, 0) is 42.3 Å². The first-order valence-electron chi connectivity index (χ1n) is 7.60. The minimum absolute atomic E-state index is 0.474. The summed E-state index contributed by atoms with van der Waals surface area (Å²) in [5, 5.41) is 14.0. The standard InChI is InChI=1S/C18H21BrClNO3/c1-23-16-7-6-12(17(20)18(16)24-2)8-9-21-11-15(22)13-4-3-5-14(19)10-13/h3-7,10,15,21-22H,8-9,11H2,1-2H3. The summed E-state index contributed by atoms with van der Waals surface area (Å²) in [7, 11) is 3.15. The molecule has 2 N–H and O–H groups in total. The van der Waals surface area contributed by atoms with Crippen LogP contribution < -0.4 is 14.8 Å². The van der Waals surface area contributed by atoms with Gasteiger partial charge in [0.05, 0.1) is 25.3 Å². The van der Waals surface area contributed by atoms with Crippen LogP contribution in [0.4, 0.5) is 0 Å². The average molecular weight is 415 g/mol. The Morgan fingerprint density at radius 3 is 2.67 bits per heavy atom. The maximum Gasteiger partial charge on any atom is 0.179 e. The molecule has 0 saturated heterocycles. The lowest BCUT2D eigenvalue weighted by atomic mass is 10.1. The van der Waals surface area contributed by atoms with Gasteiger partial charge in [0.1, 0.15) is 0 Å². The van der Waals surface area contributed by atoms with E-state index in [2.05, 4.69) is 21.2 Å². The summed E-state index contributed by atoms with van der Waals surface area (Å²) in [6.07, 6.45) is 0.174. The van der Waals surface area contributed by atoms with Crippen molar-refractivity contribution in [3.05, 3.63) is 57.0 Å². The summed E-state index contributed by atoms with van der Waals surface area (Å²) in [6, 6.07) is 11.4. The van der Waals surface area contributed by atoms with Crippen LogP contribution in [0.3, 0.4) is 0 Å². The van der Waals surface area contributed by atoms with Crippen LogP contribution in [0.15, 0.2) is 40.9 Å². The van der Waals surface area contributed by atoms with Crippen molar-refractivity contribution in [1.29, 1.82) is 0 Å². The van der Waals surface area contributed by atoms with Crippen molar-refractivity contribution in [3.63, 3.8) is 0 Å². The van der Waals surface area contributed by atoms with Gasteiger partial charge in [-0.15, -0.1) is 0 Å². The van der Waals surface area contributed by atoms with E-state index in [1.807, 2.05) is 36.4 Å². The molecule has 2 aromatic rings. The van der Waals surface area contributed by atoms with Gasteiger partial charge in [0, 0.05) is 11.0 Å². The molecular weight excluding hydrogens is 394 g/mol. The number of methoxy groups -OCH3 is 2. The number of aliphatic hydroxyl groups is 1. The van der Waals surface area contributed by atoms with Crippen molar-refractivity contribution in [1.82, 2.24) is 5.32 Å². The summed E-state index contributed by atoms with van der Waals surface area (Å²) in [5.74, 6) is 1.16. The highest BCUT2D eigenvalue weighted by atomic mass is 79.9. The zero-order chi connectivity index (χ0) is 17.5. The fourth-order valence-corrected chi connectivity index (χ4v) is 3.16. The fourth-order valence-electron chi connectivity index (χ4n) is 2.42. The third-order valence-electron chi connectivity index (χ3n) is 3.71. The molecule has 2 rings (SSSR count). The number of rotatable bonds is 8. The lowest BCUT2D eigenvalue weighted by Crippen LogP contribution is -2.23. The normalized spacial score (nSPS) is 12.0. The molecule has 0 spiro atoms. The molecule has 24 heavy (non-hydrogen) atoms. The highest BCUT2D eigenvalue weighted by Gasteiger charge is 2.13. The maximum absolute atomic E-state index is 10.2. The Labute approximate surface area is 155 Å². The summed E-state index contributed by atoms with van der Waals surface area (Å²) in [5.41, 5.74) is 1.85. The van der Waals surface area contributed by atoms with Crippen LogP contribution in [0.1, 0.15) is 17.2 Å². The number of aliphatic hydroxyl groups excluding tert-OH is 1. The quantitative estimate of drug-likeness (QED) is 0.641. The molecular formula is C18H21BrClNO3. The van der Waals surface area contributed by atoms with Crippen LogP contribution in [-0.4, -0.2) is 32.4 Å². The molecule has 6 heteroatoms. The van der Waals surface area contributed by atoms with E-state index in [1.165, 1.54) is 0 Å². The van der Waals surface area contributed by atoms with Gasteiger partial charge >= 0.3 is 0 Å². The Morgan fingerprint density at radius 2 is 2.00 bits per heavy atom. The van der Waals surface area contributed by atoms with E-state index in [4.69, 9.17) is 21.1 Å². The molecule has 0 fully saturated rings. The smallest absolute Gasteiger partial charge is 0.179 e. The molecule has 0 radical (unpaired) electrons. The fraction of sp³-hybridized carbons (Fsp3) is 0.333. The van der Waals surface area contributed by atoms with Crippen LogP contribution in [0.5, 0.6) is 11.5 Å². The van der Waals surface area contributed by atoms with E-state index in [-0.39, 0.29) is 0 Å².